The van der Waals surface area contributed by atoms with Crippen molar-refractivity contribution < 1.29 is 9.59 Å². The Morgan fingerprint density at radius 1 is 0.944 bits per heavy atom. The molecule has 0 spiro atoms. The van der Waals surface area contributed by atoms with Crippen molar-refractivity contribution in [2.45, 2.75) is 12.8 Å². The van der Waals surface area contributed by atoms with Gasteiger partial charge in [0.25, 0.3) is 0 Å². The van der Waals surface area contributed by atoms with Gasteiger partial charge in [0.05, 0.1) is 5.56 Å². The highest BCUT2D eigenvalue weighted by molar-refractivity contribution is 6.27. The van der Waals surface area contributed by atoms with Crippen molar-refractivity contribution in [3.8, 4) is 0 Å². The van der Waals surface area contributed by atoms with Gasteiger partial charge in [-0.05, 0) is 18.9 Å². The minimum Gasteiger partial charge on any atom is -0.289 e. The molecule has 3 heteroatoms. The summed E-state index contributed by atoms with van der Waals surface area (Å²) in [6, 6.07) is 1.66. The minimum absolute atomic E-state index is 0.00625. The first-order valence-corrected chi connectivity index (χ1v) is 6.23. The second kappa shape index (κ2) is 3.25. The highest BCUT2D eigenvalue weighted by atomic mass is 16.1. The van der Waals surface area contributed by atoms with E-state index in [1.165, 1.54) is 6.20 Å². The van der Waals surface area contributed by atoms with Crippen LogP contribution in [0.2, 0.25) is 0 Å². The third kappa shape index (κ3) is 1.07. The van der Waals surface area contributed by atoms with Crippen LogP contribution in [-0.2, 0) is 0 Å². The molecule has 0 saturated carbocycles. The van der Waals surface area contributed by atoms with E-state index in [0.717, 1.165) is 24.0 Å². The van der Waals surface area contributed by atoms with Gasteiger partial charge in [-0.2, -0.15) is 0 Å². The molecule has 88 valence electrons. The molecule has 0 amide bonds. The standard InChI is InChI=1S/C15H11NO2/c17-14-10-5-6-16-7-11(10)15(18)13-9-3-1-8(2-4-9)12(13)14/h1,3,5-9H,2,4H2/t8-,9+/m1/s1. The number of aromatic nitrogens is 1. The minimum atomic E-state index is 0.00625. The number of rotatable bonds is 0. The molecule has 4 aliphatic rings. The molecule has 1 aromatic heterocycles. The predicted molar refractivity (Wildman–Crippen MR) is 65.3 cm³/mol. The Hall–Kier alpha value is -2.03. The fourth-order valence-electron chi connectivity index (χ4n) is 3.35. The molecule has 0 aromatic carbocycles. The Labute approximate surface area is 104 Å². The van der Waals surface area contributed by atoms with Crippen LogP contribution < -0.4 is 0 Å². The van der Waals surface area contributed by atoms with E-state index in [1.54, 1.807) is 12.3 Å². The summed E-state index contributed by atoms with van der Waals surface area (Å²) in [7, 11) is 0. The zero-order valence-electron chi connectivity index (χ0n) is 9.72. The molecule has 2 atom stereocenters. The Morgan fingerprint density at radius 2 is 1.56 bits per heavy atom. The maximum Gasteiger partial charge on any atom is 0.192 e. The van der Waals surface area contributed by atoms with Gasteiger partial charge in [-0.15, -0.1) is 0 Å². The highest BCUT2D eigenvalue weighted by Crippen LogP contribution is 2.45. The van der Waals surface area contributed by atoms with Crippen molar-refractivity contribution in [1.82, 2.24) is 4.98 Å². The van der Waals surface area contributed by atoms with Gasteiger partial charge in [-0.3, -0.25) is 14.6 Å². The van der Waals surface area contributed by atoms with Gasteiger partial charge < -0.3 is 0 Å². The molecular weight excluding hydrogens is 226 g/mol. The fraction of sp³-hybridized carbons (Fsp3) is 0.267. The van der Waals surface area contributed by atoms with Crippen molar-refractivity contribution in [3.63, 3.8) is 0 Å². The molecule has 0 saturated heterocycles. The molecule has 18 heavy (non-hydrogen) atoms. The van der Waals surface area contributed by atoms with Crippen molar-refractivity contribution >= 4 is 11.6 Å². The summed E-state index contributed by atoms with van der Waals surface area (Å²) < 4.78 is 0. The number of carbonyl (C=O) groups excluding carboxylic acids is 2. The summed E-state index contributed by atoms with van der Waals surface area (Å²) in [5.74, 6) is 0.311. The maximum absolute atomic E-state index is 12.5. The van der Waals surface area contributed by atoms with E-state index in [1.807, 2.05) is 0 Å². The Morgan fingerprint density at radius 3 is 2.17 bits per heavy atom. The lowest BCUT2D eigenvalue weighted by Gasteiger charge is -2.37. The van der Waals surface area contributed by atoms with Crippen LogP contribution in [0, 0.1) is 11.8 Å². The number of hydrogen-bond donors (Lipinski definition) is 0. The van der Waals surface area contributed by atoms with E-state index in [9.17, 15) is 9.59 Å². The topological polar surface area (TPSA) is 47.0 Å². The van der Waals surface area contributed by atoms with Crippen LogP contribution in [-0.4, -0.2) is 16.6 Å². The Bertz CT molecular complexity index is 599. The van der Waals surface area contributed by atoms with Gasteiger partial charge in [-0.25, -0.2) is 0 Å². The van der Waals surface area contributed by atoms with Crippen molar-refractivity contribution in [1.29, 1.82) is 0 Å². The van der Waals surface area contributed by atoms with Gasteiger partial charge in [-0.1, -0.05) is 12.2 Å². The largest absolute Gasteiger partial charge is 0.289 e. The SMILES string of the molecule is O=C1C2=C(C(=O)c3cnccc31)[C@H]1C=C[C@@H]2CC1. The molecule has 0 unspecified atom stereocenters. The number of allylic oxidation sites excluding steroid dienone is 4. The maximum atomic E-state index is 12.5. The molecule has 0 aliphatic heterocycles. The van der Waals surface area contributed by atoms with Crippen molar-refractivity contribution in [3.05, 3.63) is 52.9 Å². The monoisotopic (exact) mass is 237 g/mol. The van der Waals surface area contributed by atoms with Crippen LogP contribution in [0.1, 0.15) is 33.6 Å². The summed E-state index contributed by atoms with van der Waals surface area (Å²) in [5.41, 5.74) is 2.48. The molecule has 0 radical (unpaired) electrons. The lowest BCUT2D eigenvalue weighted by Crippen LogP contribution is -2.34. The van der Waals surface area contributed by atoms with Gasteiger partial charge in [0.2, 0.25) is 0 Å². The molecule has 4 aliphatic carbocycles. The van der Waals surface area contributed by atoms with Gasteiger partial charge >= 0.3 is 0 Å². The van der Waals surface area contributed by atoms with E-state index >= 15 is 0 Å². The quantitative estimate of drug-likeness (QED) is 0.651. The molecule has 0 N–H and O–H groups in total. The predicted octanol–water partition coefficient (Wildman–Crippen LogP) is 2.35. The summed E-state index contributed by atoms with van der Waals surface area (Å²) in [4.78, 5) is 29.0. The van der Waals surface area contributed by atoms with E-state index in [0.29, 0.717) is 11.1 Å². The molecule has 5 rings (SSSR count). The number of pyridine rings is 1. The van der Waals surface area contributed by atoms with Crippen LogP contribution in [0.4, 0.5) is 0 Å². The number of ketones is 2. The van der Waals surface area contributed by atoms with E-state index in [-0.39, 0.29) is 23.4 Å². The fourth-order valence-corrected chi connectivity index (χ4v) is 3.35. The summed E-state index contributed by atoms with van der Waals surface area (Å²) in [6.07, 6.45) is 9.23. The molecule has 0 fully saturated rings. The van der Waals surface area contributed by atoms with Crippen LogP contribution in [0.15, 0.2) is 41.8 Å². The van der Waals surface area contributed by atoms with E-state index in [2.05, 4.69) is 17.1 Å². The van der Waals surface area contributed by atoms with Crippen molar-refractivity contribution in [2.75, 3.05) is 0 Å². The molecule has 2 bridgehead atoms. The number of nitrogens with zero attached hydrogens (tertiary/aromatic N) is 1. The summed E-state index contributed by atoms with van der Waals surface area (Å²) >= 11 is 0. The first kappa shape index (κ1) is 9.95. The second-order valence-corrected chi connectivity index (χ2v) is 5.08. The van der Waals surface area contributed by atoms with Gasteiger partial charge in [0.15, 0.2) is 11.6 Å². The average molecular weight is 237 g/mol. The summed E-state index contributed by atoms with van der Waals surface area (Å²) in [6.45, 7) is 0. The number of fused-ring (bicyclic) bond motifs is 2. The smallest absolute Gasteiger partial charge is 0.192 e. The molecular formula is C15H11NO2. The molecule has 1 heterocycles. The van der Waals surface area contributed by atoms with E-state index < -0.39 is 0 Å². The number of carbonyl (C=O) groups is 2. The first-order valence-electron chi connectivity index (χ1n) is 6.23. The third-order valence-electron chi connectivity index (χ3n) is 4.20. The van der Waals surface area contributed by atoms with Crippen LogP contribution in [0.5, 0.6) is 0 Å². The van der Waals surface area contributed by atoms with Crippen molar-refractivity contribution in [2.24, 2.45) is 11.8 Å². The first-order chi connectivity index (χ1) is 8.77. The Balaban J connectivity index is 1.99. The second-order valence-electron chi connectivity index (χ2n) is 5.08. The van der Waals surface area contributed by atoms with E-state index in [4.69, 9.17) is 0 Å². The number of Topliss-reactive ketones (excluding diaryl/α,β-unsaturated/α-hetero) is 2. The lowest BCUT2D eigenvalue weighted by atomic mass is 9.65. The lowest BCUT2D eigenvalue weighted by molar-refractivity contribution is 0.0949. The Kier molecular flexibility index (Phi) is 1.80. The zero-order chi connectivity index (χ0) is 12.3. The zero-order valence-corrected chi connectivity index (χ0v) is 9.72. The average Bonchev–Trinajstić information content (AvgIpc) is 2.45. The molecule has 3 nitrogen and oxygen atoms in total. The van der Waals surface area contributed by atoms with Gasteiger partial charge in [0, 0.05) is 40.9 Å². The van der Waals surface area contributed by atoms with Crippen LogP contribution in [0.3, 0.4) is 0 Å². The highest BCUT2D eigenvalue weighted by Gasteiger charge is 2.42. The molecule has 1 aromatic rings. The number of hydrogen-bond acceptors (Lipinski definition) is 3. The van der Waals surface area contributed by atoms with Crippen LogP contribution >= 0.6 is 0 Å². The summed E-state index contributed by atoms with van der Waals surface area (Å²) in [5, 5.41) is 0. The normalized spacial score (nSPS) is 28.4. The van der Waals surface area contributed by atoms with Gasteiger partial charge in [0.1, 0.15) is 0 Å². The van der Waals surface area contributed by atoms with Crippen LogP contribution in [0.25, 0.3) is 0 Å². The third-order valence-corrected chi connectivity index (χ3v) is 4.20.